The summed E-state index contributed by atoms with van der Waals surface area (Å²) in [5.41, 5.74) is 2.61. The quantitative estimate of drug-likeness (QED) is 0.805. The molecule has 2 saturated heterocycles. The van der Waals surface area contributed by atoms with E-state index in [1.807, 2.05) is 0 Å². The molecule has 26 heavy (non-hydrogen) atoms. The van der Waals surface area contributed by atoms with Gasteiger partial charge in [0.25, 0.3) is 0 Å². The zero-order valence-electron chi connectivity index (χ0n) is 16.0. The molecule has 2 fully saturated rings. The number of aryl methyl sites for hydroxylation is 2. The first kappa shape index (κ1) is 17.7. The van der Waals surface area contributed by atoms with E-state index >= 15 is 0 Å². The Kier molecular flexibility index (Phi) is 5.38. The molecule has 0 aromatic carbocycles. The molecule has 0 bridgehead atoms. The first-order chi connectivity index (χ1) is 12.7. The maximum absolute atomic E-state index is 12.1. The molecule has 3 aliphatic rings. The maximum Gasteiger partial charge on any atom is 0.222 e. The largest absolute Gasteiger partial charge is 0.352 e. The lowest BCUT2D eigenvalue weighted by atomic mass is 9.96. The maximum atomic E-state index is 12.1. The Labute approximate surface area is 156 Å². The number of likely N-dealkylation sites (N-methyl/N-ethyl adjacent to an activating group) is 1. The molecule has 0 unspecified atom stereocenters. The fourth-order valence-electron chi connectivity index (χ4n) is 4.29. The van der Waals surface area contributed by atoms with E-state index in [1.165, 1.54) is 30.5 Å². The molecule has 1 aromatic heterocycles. The molecule has 0 radical (unpaired) electrons. The van der Waals surface area contributed by atoms with Crippen LogP contribution in [0.5, 0.6) is 0 Å². The Balaban J connectivity index is 1.25. The van der Waals surface area contributed by atoms with Crippen LogP contribution in [0, 0.1) is 0 Å². The average Bonchev–Trinajstić information content (AvgIpc) is 2.83. The van der Waals surface area contributed by atoms with Crippen molar-refractivity contribution in [3.63, 3.8) is 0 Å². The van der Waals surface area contributed by atoms with E-state index in [4.69, 9.17) is 0 Å². The third kappa shape index (κ3) is 3.85. The molecule has 3 heterocycles. The van der Waals surface area contributed by atoms with Crippen molar-refractivity contribution in [2.75, 3.05) is 44.7 Å². The van der Waals surface area contributed by atoms with E-state index in [-0.39, 0.29) is 0 Å². The summed E-state index contributed by atoms with van der Waals surface area (Å²) in [6.45, 7) is 4.79. The van der Waals surface area contributed by atoms with Gasteiger partial charge in [-0.2, -0.15) is 5.10 Å². The molecule has 1 amide bonds. The van der Waals surface area contributed by atoms with Crippen LogP contribution in [0.3, 0.4) is 0 Å². The van der Waals surface area contributed by atoms with Crippen LogP contribution in [0.15, 0.2) is 6.07 Å². The molecule has 4 rings (SSSR count). The summed E-state index contributed by atoms with van der Waals surface area (Å²) >= 11 is 0. The lowest BCUT2D eigenvalue weighted by Gasteiger charge is -2.45. The van der Waals surface area contributed by atoms with Crippen LogP contribution in [0.2, 0.25) is 0 Å². The van der Waals surface area contributed by atoms with Gasteiger partial charge in [0.1, 0.15) is 0 Å². The minimum atomic E-state index is 0.343. The van der Waals surface area contributed by atoms with E-state index < -0.39 is 0 Å². The topological polar surface area (TPSA) is 52.6 Å². The highest BCUT2D eigenvalue weighted by Crippen LogP contribution is 2.26. The number of nitrogens with zero attached hydrogens (tertiary/aromatic N) is 5. The van der Waals surface area contributed by atoms with Crippen molar-refractivity contribution in [2.45, 2.75) is 57.4 Å². The number of carbonyl (C=O) groups is 1. The van der Waals surface area contributed by atoms with Crippen molar-refractivity contribution in [2.24, 2.45) is 0 Å². The Morgan fingerprint density at radius 2 is 1.88 bits per heavy atom. The number of rotatable bonds is 5. The second-order valence-corrected chi connectivity index (χ2v) is 8.11. The Morgan fingerprint density at radius 3 is 2.77 bits per heavy atom. The molecule has 0 N–H and O–H groups in total. The lowest BCUT2D eigenvalue weighted by Crippen LogP contribution is -2.59. The third-order valence-corrected chi connectivity index (χ3v) is 6.26. The summed E-state index contributed by atoms with van der Waals surface area (Å²) in [6, 6.07) is 2.81. The van der Waals surface area contributed by atoms with Gasteiger partial charge in [0.15, 0.2) is 5.82 Å². The molecule has 0 spiro atoms. The summed E-state index contributed by atoms with van der Waals surface area (Å²) in [5.74, 6) is 1.38. The van der Waals surface area contributed by atoms with Gasteiger partial charge in [0.2, 0.25) is 5.91 Å². The number of likely N-dealkylation sites (tertiary alicyclic amines) is 1. The van der Waals surface area contributed by atoms with Gasteiger partial charge in [-0.1, -0.05) is 6.42 Å². The molecule has 2 aliphatic heterocycles. The first-order valence-electron chi connectivity index (χ1n) is 10.3. The summed E-state index contributed by atoms with van der Waals surface area (Å²) in [5, 5.41) is 8.91. The Morgan fingerprint density at radius 1 is 1.08 bits per heavy atom. The first-order valence-corrected chi connectivity index (χ1v) is 10.3. The van der Waals surface area contributed by atoms with Crippen molar-refractivity contribution in [1.29, 1.82) is 0 Å². The van der Waals surface area contributed by atoms with Gasteiger partial charge in [-0.25, -0.2) is 0 Å². The predicted octanol–water partition coefficient (Wildman–Crippen LogP) is 1.88. The minimum absolute atomic E-state index is 0.343. The normalized spacial score (nSPS) is 21.5. The van der Waals surface area contributed by atoms with E-state index in [0.29, 0.717) is 11.9 Å². The smallest absolute Gasteiger partial charge is 0.222 e. The molecular formula is C20H31N5O. The predicted molar refractivity (Wildman–Crippen MR) is 102 cm³/mol. The van der Waals surface area contributed by atoms with Crippen LogP contribution >= 0.6 is 0 Å². The van der Waals surface area contributed by atoms with Gasteiger partial charge < -0.3 is 9.80 Å². The minimum Gasteiger partial charge on any atom is -0.352 e. The summed E-state index contributed by atoms with van der Waals surface area (Å²) in [4.78, 5) is 18.9. The summed E-state index contributed by atoms with van der Waals surface area (Å²) in [7, 11) is 2.18. The number of hydrogen-bond acceptors (Lipinski definition) is 5. The van der Waals surface area contributed by atoms with Crippen LogP contribution < -0.4 is 4.90 Å². The van der Waals surface area contributed by atoms with Crippen molar-refractivity contribution >= 4 is 11.7 Å². The summed E-state index contributed by atoms with van der Waals surface area (Å²) in [6.07, 6.45) is 8.90. The molecule has 6 heteroatoms. The van der Waals surface area contributed by atoms with Gasteiger partial charge in [-0.15, -0.1) is 5.10 Å². The van der Waals surface area contributed by atoms with Gasteiger partial charge in [-0.05, 0) is 57.2 Å². The molecular weight excluding hydrogens is 326 g/mol. The van der Waals surface area contributed by atoms with E-state index in [0.717, 1.165) is 70.6 Å². The number of aromatic nitrogens is 2. The molecule has 1 aliphatic carbocycles. The van der Waals surface area contributed by atoms with E-state index in [1.54, 1.807) is 0 Å². The number of carbonyl (C=O) groups excluding carboxylic acids is 1. The number of anilines is 1. The molecule has 142 valence electrons. The van der Waals surface area contributed by atoms with Crippen molar-refractivity contribution in [1.82, 2.24) is 20.0 Å². The fourth-order valence-corrected chi connectivity index (χ4v) is 4.29. The van der Waals surface area contributed by atoms with Gasteiger partial charge >= 0.3 is 0 Å². The SMILES string of the molecule is CN(CCN1CCCCCC1=O)C1CN(c2cc3c(nn2)CCCC3)C1. The van der Waals surface area contributed by atoms with Crippen LogP contribution in [0.4, 0.5) is 5.82 Å². The molecule has 6 nitrogen and oxygen atoms in total. The van der Waals surface area contributed by atoms with Gasteiger partial charge in [-0.3, -0.25) is 9.69 Å². The third-order valence-electron chi connectivity index (χ3n) is 6.26. The number of amides is 1. The van der Waals surface area contributed by atoms with Crippen LogP contribution in [0.1, 0.15) is 49.8 Å². The lowest BCUT2D eigenvalue weighted by molar-refractivity contribution is -0.130. The Hall–Kier alpha value is -1.69. The molecule has 0 saturated carbocycles. The zero-order chi connectivity index (χ0) is 17.9. The standard InChI is InChI=1S/C20H31N5O/c1-23(11-12-24-10-6-2-3-9-20(24)26)17-14-25(15-17)19-13-16-7-4-5-8-18(16)21-22-19/h13,17H,2-12,14-15H2,1H3. The van der Waals surface area contributed by atoms with E-state index in [2.05, 4.69) is 38.0 Å². The van der Waals surface area contributed by atoms with Crippen molar-refractivity contribution in [3.8, 4) is 0 Å². The average molecular weight is 358 g/mol. The summed E-state index contributed by atoms with van der Waals surface area (Å²) < 4.78 is 0. The second kappa shape index (κ2) is 7.91. The van der Waals surface area contributed by atoms with Crippen molar-refractivity contribution in [3.05, 3.63) is 17.3 Å². The highest BCUT2D eigenvalue weighted by Gasteiger charge is 2.32. The van der Waals surface area contributed by atoms with Crippen LogP contribution in [-0.2, 0) is 17.6 Å². The molecule has 1 aromatic rings. The Bertz CT molecular complexity index is 643. The second-order valence-electron chi connectivity index (χ2n) is 8.11. The van der Waals surface area contributed by atoms with E-state index in [9.17, 15) is 4.79 Å². The highest BCUT2D eigenvalue weighted by atomic mass is 16.2. The van der Waals surface area contributed by atoms with Crippen molar-refractivity contribution < 1.29 is 4.79 Å². The highest BCUT2D eigenvalue weighted by molar-refractivity contribution is 5.76. The molecule has 0 atom stereocenters. The van der Waals surface area contributed by atoms with Crippen LogP contribution in [-0.4, -0.2) is 71.7 Å². The van der Waals surface area contributed by atoms with Gasteiger partial charge in [0.05, 0.1) is 5.69 Å². The number of fused-ring (bicyclic) bond motifs is 1. The monoisotopic (exact) mass is 357 g/mol. The zero-order valence-corrected chi connectivity index (χ0v) is 16.0. The fraction of sp³-hybridized carbons (Fsp3) is 0.750. The van der Waals surface area contributed by atoms with Gasteiger partial charge in [0, 0.05) is 45.2 Å². The van der Waals surface area contributed by atoms with Crippen LogP contribution in [0.25, 0.3) is 0 Å². The number of hydrogen-bond donors (Lipinski definition) is 0.